The fraction of sp³-hybridized carbons (Fsp3) is 0.290. The lowest BCUT2D eigenvalue weighted by molar-refractivity contribution is -0.132. The molecule has 1 amide bonds. The molecule has 7 nitrogen and oxygen atoms in total. The zero-order valence-electron chi connectivity index (χ0n) is 21.7. The van der Waals surface area contributed by atoms with Crippen LogP contribution in [-0.2, 0) is 24.2 Å². The van der Waals surface area contributed by atoms with Crippen LogP contribution in [0.3, 0.4) is 0 Å². The average Bonchev–Trinajstić information content (AvgIpc) is 3.40. The summed E-state index contributed by atoms with van der Waals surface area (Å²) in [5, 5.41) is 10.0. The number of hydrogen-bond donors (Lipinski definition) is 0. The van der Waals surface area contributed by atoms with Crippen LogP contribution in [0, 0.1) is 5.92 Å². The molecule has 1 fully saturated rings. The van der Waals surface area contributed by atoms with E-state index in [1.54, 1.807) is 4.57 Å². The molecule has 3 heterocycles. The molecule has 0 atom stereocenters. The molecule has 5 aromatic rings. The minimum Gasteiger partial charge on any atom is -0.343 e. The fourth-order valence-corrected chi connectivity index (χ4v) is 5.82. The van der Waals surface area contributed by atoms with Crippen LogP contribution in [0.4, 0.5) is 0 Å². The number of nitrogens with zero attached hydrogens (tertiary/aromatic N) is 5. The number of rotatable bonds is 7. The van der Waals surface area contributed by atoms with Crippen molar-refractivity contribution in [1.82, 2.24) is 24.1 Å². The number of fused-ring (bicyclic) bond motifs is 3. The van der Waals surface area contributed by atoms with Crippen molar-refractivity contribution in [3.8, 4) is 0 Å². The number of carbonyl (C=O) groups excluding carboxylic acids is 1. The number of benzene rings is 3. The van der Waals surface area contributed by atoms with Crippen LogP contribution in [0.5, 0.6) is 0 Å². The summed E-state index contributed by atoms with van der Waals surface area (Å²) in [6.45, 7) is 1.86. The molecule has 3 aromatic carbocycles. The first kappa shape index (κ1) is 25.3. The average molecular weight is 540 g/mol. The predicted molar refractivity (Wildman–Crippen MR) is 153 cm³/mol. The molecule has 0 radical (unpaired) electrons. The number of hydrogen-bond acceptors (Lipinski definition) is 4. The molecule has 0 saturated carbocycles. The molecule has 6 rings (SSSR count). The van der Waals surface area contributed by atoms with Gasteiger partial charge in [-0.3, -0.25) is 18.6 Å². The molecule has 0 unspecified atom stereocenters. The summed E-state index contributed by atoms with van der Waals surface area (Å²) < 4.78 is 3.52. The van der Waals surface area contributed by atoms with Crippen molar-refractivity contribution in [2.24, 2.45) is 5.92 Å². The van der Waals surface area contributed by atoms with E-state index in [9.17, 15) is 9.59 Å². The first-order valence-electron chi connectivity index (χ1n) is 13.5. The Hall–Kier alpha value is -3.97. The molecule has 1 aliphatic rings. The second-order valence-electron chi connectivity index (χ2n) is 10.3. The summed E-state index contributed by atoms with van der Waals surface area (Å²) in [7, 11) is 0. The van der Waals surface area contributed by atoms with Crippen molar-refractivity contribution in [2.45, 2.75) is 38.6 Å². The number of halogens is 1. The summed E-state index contributed by atoms with van der Waals surface area (Å²) in [5.74, 6) is 1.86. The summed E-state index contributed by atoms with van der Waals surface area (Å²) in [6, 6.07) is 25.5. The van der Waals surface area contributed by atoms with Gasteiger partial charge in [0.2, 0.25) is 11.7 Å². The third-order valence-corrected chi connectivity index (χ3v) is 8.13. The Morgan fingerprint density at radius 1 is 0.897 bits per heavy atom. The van der Waals surface area contributed by atoms with Crippen LogP contribution in [0.15, 0.2) is 83.7 Å². The van der Waals surface area contributed by atoms with Crippen molar-refractivity contribution < 1.29 is 4.79 Å². The van der Waals surface area contributed by atoms with E-state index in [0.717, 1.165) is 43.4 Å². The number of para-hydroxylation sites is 1. The van der Waals surface area contributed by atoms with Gasteiger partial charge in [0, 0.05) is 31.0 Å². The fourth-order valence-electron chi connectivity index (χ4n) is 5.63. The zero-order chi connectivity index (χ0) is 26.8. The van der Waals surface area contributed by atoms with Gasteiger partial charge in [-0.2, -0.15) is 0 Å². The van der Waals surface area contributed by atoms with Crippen LogP contribution in [-0.4, -0.2) is 43.1 Å². The second-order valence-corrected chi connectivity index (χ2v) is 10.7. The minimum atomic E-state index is -0.147. The molecule has 0 N–H and O–H groups in total. The highest BCUT2D eigenvalue weighted by molar-refractivity contribution is 6.31. The highest BCUT2D eigenvalue weighted by Gasteiger charge is 2.24. The highest BCUT2D eigenvalue weighted by Crippen LogP contribution is 2.23. The number of amides is 1. The van der Waals surface area contributed by atoms with Crippen LogP contribution in [0.1, 0.15) is 36.2 Å². The van der Waals surface area contributed by atoms with Gasteiger partial charge in [0.1, 0.15) is 5.82 Å². The lowest BCUT2D eigenvalue weighted by atomic mass is 9.90. The molecular weight excluding hydrogens is 510 g/mol. The highest BCUT2D eigenvalue weighted by atomic mass is 35.5. The molecule has 1 saturated heterocycles. The first-order valence-corrected chi connectivity index (χ1v) is 13.9. The van der Waals surface area contributed by atoms with Gasteiger partial charge in [-0.05, 0) is 54.5 Å². The number of piperidine rings is 1. The van der Waals surface area contributed by atoms with Crippen LogP contribution < -0.4 is 5.56 Å². The normalized spacial score (nSPS) is 14.3. The molecule has 1 aliphatic heterocycles. The van der Waals surface area contributed by atoms with E-state index in [1.807, 2.05) is 63.9 Å². The Morgan fingerprint density at radius 2 is 1.62 bits per heavy atom. The monoisotopic (exact) mass is 539 g/mol. The molecule has 0 bridgehead atoms. The van der Waals surface area contributed by atoms with Crippen molar-refractivity contribution in [2.75, 3.05) is 13.1 Å². The molecule has 0 spiro atoms. The second kappa shape index (κ2) is 11.0. The van der Waals surface area contributed by atoms with E-state index in [1.165, 1.54) is 5.56 Å². The van der Waals surface area contributed by atoms with Crippen LogP contribution >= 0.6 is 11.6 Å². The van der Waals surface area contributed by atoms with E-state index in [2.05, 4.69) is 34.5 Å². The molecule has 0 aliphatic carbocycles. The predicted octanol–water partition coefficient (Wildman–Crippen LogP) is 5.16. The van der Waals surface area contributed by atoms with Gasteiger partial charge in [-0.25, -0.2) is 0 Å². The van der Waals surface area contributed by atoms with Crippen molar-refractivity contribution in [3.05, 3.63) is 111 Å². The van der Waals surface area contributed by atoms with E-state index in [4.69, 9.17) is 11.6 Å². The van der Waals surface area contributed by atoms with Crippen molar-refractivity contribution in [1.29, 1.82) is 0 Å². The van der Waals surface area contributed by atoms with Crippen LogP contribution in [0.2, 0.25) is 5.02 Å². The molecule has 2 aromatic heterocycles. The largest absolute Gasteiger partial charge is 0.343 e. The standard InChI is InChI=1S/C31H30ClN5O2/c32-26-12-6-4-10-24(26)21-36-30(39)25-11-5-7-13-27(25)37-28(33-34-31(36)37)14-15-29(38)35-18-16-23(17-19-35)20-22-8-2-1-3-9-22/h1-13,23H,14-21H2. The number of likely N-dealkylation sites (tertiary alicyclic amines) is 1. The quantitative estimate of drug-likeness (QED) is 0.286. The molecule has 8 heteroatoms. The van der Waals surface area contributed by atoms with Gasteiger partial charge >= 0.3 is 0 Å². The Kier molecular flexibility index (Phi) is 7.16. The summed E-state index contributed by atoms with van der Waals surface area (Å²) in [4.78, 5) is 28.6. The van der Waals surface area contributed by atoms with E-state index < -0.39 is 0 Å². The summed E-state index contributed by atoms with van der Waals surface area (Å²) in [6.07, 6.45) is 3.90. The Balaban J connectivity index is 1.20. The smallest absolute Gasteiger partial charge is 0.263 e. The number of carbonyl (C=O) groups is 1. The SMILES string of the molecule is O=C(CCc1nnc2n(Cc3ccccc3Cl)c(=O)c3ccccc3n12)N1CCC(Cc2ccccc2)CC1. The number of aromatic nitrogens is 4. The first-order chi connectivity index (χ1) is 19.1. The maximum absolute atomic E-state index is 13.5. The third kappa shape index (κ3) is 5.19. The van der Waals surface area contributed by atoms with E-state index in [-0.39, 0.29) is 18.0 Å². The van der Waals surface area contributed by atoms with Gasteiger partial charge in [0.25, 0.3) is 5.56 Å². The van der Waals surface area contributed by atoms with E-state index >= 15 is 0 Å². The van der Waals surface area contributed by atoms with E-state index in [0.29, 0.717) is 40.8 Å². The maximum atomic E-state index is 13.5. The van der Waals surface area contributed by atoms with Gasteiger partial charge < -0.3 is 4.90 Å². The minimum absolute atomic E-state index is 0.138. The lowest BCUT2D eigenvalue weighted by Crippen LogP contribution is -2.39. The Bertz CT molecular complexity index is 1690. The zero-order valence-corrected chi connectivity index (χ0v) is 22.4. The number of aryl methyl sites for hydroxylation is 1. The Labute approximate surface area is 231 Å². The maximum Gasteiger partial charge on any atom is 0.263 e. The lowest BCUT2D eigenvalue weighted by Gasteiger charge is -2.32. The summed E-state index contributed by atoms with van der Waals surface area (Å²) >= 11 is 6.41. The molecular formula is C31H30ClN5O2. The van der Waals surface area contributed by atoms with Gasteiger partial charge in [-0.1, -0.05) is 72.3 Å². The topological polar surface area (TPSA) is 72.5 Å². The van der Waals surface area contributed by atoms with Crippen molar-refractivity contribution in [3.63, 3.8) is 0 Å². The van der Waals surface area contributed by atoms with Gasteiger partial charge in [0.05, 0.1) is 17.4 Å². The molecule has 39 heavy (non-hydrogen) atoms. The van der Waals surface area contributed by atoms with Crippen molar-refractivity contribution >= 4 is 34.2 Å². The van der Waals surface area contributed by atoms with Gasteiger partial charge in [-0.15, -0.1) is 10.2 Å². The molecule has 198 valence electrons. The summed E-state index contributed by atoms with van der Waals surface area (Å²) in [5.41, 5.74) is 2.78. The van der Waals surface area contributed by atoms with Crippen LogP contribution in [0.25, 0.3) is 16.7 Å². The Morgan fingerprint density at radius 3 is 2.41 bits per heavy atom. The van der Waals surface area contributed by atoms with Gasteiger partial charge in [0.15, 0.2) is 0 Å². The third-order valence-electron chi connectivity index (χ3n) is 7.76.